The van der Waals surface area contributed by atoms with Crippen molar-refractivity contribution in [3.8, 4) is 5.69 Å². The summed E-state index contributed by atoms with van der Waals surface area (Å²) in [6, 6.07) is 18.2. The fraction of sp³-hybridized carbons (Fsp3) is 0.188. The number of benzene rings is 2. The molecule has 0 aliphatic rings. The minimum absolute atomic E-state index is 0.0140. The van der Waals surface area contributed by atoms with Gasteiger partial charge in [-0.1, -0.05) is 46.3 Å². The standard InChI is InChI=1S/C16H16BrN5/c1-21(2)15(12-6-4-3-5-7-12)16-18-19-20-22(16)14-10-8-13(17)9-11-14/h3-11,15H,1-2H3/t15-/m1/s1. The van der Waals surface area contributed by atoms with E-state index in [0.29, 0.717) is 0 Å². The van der Waals surface area contributed by atoms with Crippen LogP contribution in [-0.2, 0) is 0 Å². The molecule has 0 fully saturated rings. The van der Waals surface area contributed by atoms with Crippen molar-refractivity contribution in [1.29, 1.82) is 0 Å². The molecule has 0 spiro atoms. The Hall–Kier alpha value is -2.05. The summed E-state index contributed by atoms with van der Waals surface area (Å²) in [4.78, 5) is 2.11. The lowest BCUT2D eigenvalue weighted by Gasteiger charge is -2.23. The molecule has 0 unspecified atom stereocenters. The highest BCUT2D eigenvalue weighted by Gasteiger charge is 2.23. The Kier molecular flexibility index (Phi) is 4.31. The van der Waals surface area contributed by atoms with Crippen molar-refractivity contribution >= 4 is 15.9 Å². The quantitative estimate of drug-likeness (QED) is 0.719. The molecule has 0 radical (unpaired) electrons. The van der Waals surface area contributed by atoms with Gasteiger partial charge in [-0.25, -0.2) is 0 Å². The Morgan fingerprint density at radius 1 is 1.00 bits per heavy atom. The van der Waals surface area contributed by atoms with Crippen molar-refractivity contribution in [3.63, 3.8) is 0 Å². The van der Waals surface area contributed by atoms with E-state index in [1.165, 1.54) is 0 Å². The first-order valence-corrected chi connectivity index (χ1v) is 7.71. The van der Waals surface area contributed by atoms with Gasteiger partial charge in [0.25, 0.3) is 0 Å². The topological polar surface area (TPSA) is 46.8 Å². The molecule has 0 amide bonds. The van der Waals surface area contributed by atoms with Crippen molar-refractivity contribution in [1.82, 2.24) is 25.1 Å². The number of tetrazole rings is 1. The van der Waals surface area contributed by atoms with Gasteiger partial charge in [-0.15, -0.1) is 5.10 Å². The maximum atomic E-state index is 4.26. The van der Waals surface area contributed by atoms with Gasteiger partial charge in [-0.2, -0.15) is 4.68 Å². The van der Waals surface area contributed by atoms with Crippen LogP contribution in [0.3, 0.4) is 0 Å². The van der Waals surface area contributed by atoms with E-state index >= 15 is 0 Å². The second-order valence-corrected chi connectivity index (χ2v) is 6.12. The summed E-state index contributed by atoms with van der Waals surface area (Å²) in [6.07, 6.45) is 0. The van der Waals surface area contributed by atoms with E-state index in [1.54, 1.807) is 4.68 Å². The largest absolute Gasteiger partial charge is 0.296 e. The molecule has 6 heteroatoms. The normalized spacial score (nSPS) is 12.5. The average Bonchev–Trinajstić information content (AvgIpc) is 2.98. The molecule has 3 rings (SSSR count). The zero-order valence-corrected chi connectivity index (χ0v) is 14.0. The van der Waals surface area contributed by atoms with Crippen molar-refractivity contribution < 1.29 is 0 Å². The number of hydrogen-bond acceptors (Lipinski definition) is 4. The maximum Gasteiger partial charge on any atom is 0.178 e. The molecule has 112 valence electrons. The molecule has 1 heterocycles. The molecule has 0 aliphatic carbocycles. The van der Waals surface area contributed by atoms with Crippen LogP contribution in [0.5, 0.6) is 0 Å². The van der Waals surface area contributed by atoms with Gasteiger partial charge in [-0.3, -0.25) is 4.90 Å². The lowest BCUT2D eigenvalue weighted by molar-refractivity contribution is 0.325. The second kappa shape index (κ2) is 6.37. The Balaban J connectivity index is 2.07. The SMILES string of the molecule is CN(C)[C@H](c1ccccc1)c1nnnn1-c1ccc(Br)cc1. The fourth-order valence-electron chi connectivity index (χ4n) is 2.44. The Bertz CT molecular complexity index is 737. The smallest absolute Gasteiger partial charge is 0.178 e. The number of halogens is 1. The summed E-state index contributed by atoms with van der Waals surface area (Å²) in [6.45, 7) is 0. The predicted molar refractivity (Wildman–Crippen MR) is 88.8 cm³/mol. The molecule has 22 heavy (non-hydrogen) atoms. The van der Waals surface area contributed by atoms with E-state index in [-0.39, 0.29) is 6.04 Å². The van der Waals surface area contributed by atoms with Gasteiger partial charge in [0.2, 0.25) is 0 Å². The summed E-state index contributed by atoms with van der Waals surface area (Å²) >= 11 is 3.45. The Labute approximate surface area is 137 Å². The number of aromatic nitrogens is 4. The van der Waals surface area contributed by atoms with E-state index in [9.17, 15) is 0 Å². The molecule has 0 N–H and O–H groups in total. The van der Waals surface area contributed by atoms with Gasteiger partial charge in [0.05, 0.1) is 11.7 Å². The first-order chi connectivity index (χ1) is 10.7. The van der Waals surface area contributed by atoms with Crippen LogP contribution in [0.25, 0.3) is 5.69 Å². The van der Waals surface area contributed by atoms with Crippen molar-refractivity contribution in [2.24, 2.45) is 0 Å². The molecular formula is C16H16BrN5. The molecule has 0 saturated heterocycles. The lowest BCUT2D eigenvalue weighted by atomic mass is 10.1. The van der Waals surface area contributed by atoms with Crippen LogP contribution >= 0.6 is 15.9 Å². The van der Waals surface area contributed by atoms with Gasteiger partial charge >= 0.3 is 0 Å². The third-order valence-electron chi connectivity index (χ3n) is 3.44. The summed E-state index contributed by atoms with van der Waals surface area (Å²) in [7, 11) is 4.05. The number of nitrogens with zero attached hydrogens (tertiary/aromatic N) is 5. The van der Waals surface area contributed by atoms with Crippen molar-refractivity contribution in [2.75, 3.05) is 14.1 Å². The fourth-order valence-corrected chi connectivity index (χ4v) is 2.71. The van der Waals surface area contributed by atoms with Crippen LogP contribution in [0.2, 0.25) is 0 Å². The minimum Gasteiger partial charge on any atom is -0.296 e. The molecule has 1 aromatic heterocycles. The van der Waals surface area contributed by atoms with Crippen LogP contribution < -0.4 is 0 Å². The molecule has 2 aromatic carbocycles. The Morgan fingerprint density at radius 2 is 1.68 bits per heavy atom. The van der Waals surface area contributed by atoms with Gasteiger partial charge in [0, 0.05) is 4.47 Å². The van der Waals surface area contributed by atoms with E-state index < -0.39 is 0 Å². The van der Waals surface area contributed by atoms with Crippen LogP contribution in [-0.4, -0.2) is 39.2 Å². The number of hydrogen-bond donors (Lipinski definition) is 0. The van der Waals surface area contributed by atoms with Gasteiger partial charge in [0.15, 0.2) is 5.82 Å². The third kappa shape index (κ3) is 2.93. The maximum absolute atomic E-state index is 4.26. The van der Waals surface area contributed by atoms with Crippen LogP contribution in [0.4, 0.5) is 0 Å². The highest BCUT2D eigenvalue weighted by atomic mass is 79.9. The first kappa shape index (κ1) is 14.9. The second-order valence-electron chi connectivity index (χ2n) is 5.20. The molecular weight excluding hydrogens is 342 g/mol. The van der Waals surface area contributed by atoms with Gasteiger partial charge in [0.1, 0.15) is 0 Å². The van der Waals surface area contributed by atoms with E-state index in [2.05, 4.69) is 48.5 Å². The van der Waals surface area contributed by atoms with Crippen molar-refractivity contribution in [2.45, 2.75) is 6.04 Å². The van der Waals surface area contributed by atoms with Crippen LogP contribution in [0.1, 0.15) is 17.4 Å². The summed E-state index contributed by atoms with van der Waals surface area (Å²) < 4.78 is 2.81. The van der Waals surface area contributed by atoms with E-state index in [4.69, 9.17) is 0 Å². The molecule has 0 bridgehead atoms. The first-order valence-electron chi connectivity index (χ1n) is 6.92. The van der Waals surface area contributed by atoms with Crippen molar-refractivity contribution in [3.05, 3.63) is 70.5 Å². The summed E-state index contributed by atoms with van der Waals surface area (Å²) in [5, 5.41) is 12.3. The average molecular weight is 358 g/mol. The summed E-state index contributed by atoms with van der Waals surface area (Å²) in [5.41, 5.74) is 2.09. The van der Waals surface area contributed by atoms with Crippen LogP contribution in [0, 0.1) is 0 Å². The van der Waals surface area contributed by atoms with Gasteiger partial charge in [-0.05, 0) is 54.4 Å². The third-order valence-corrected chi connectivity index (χ3v) is 3.97. The highest BCUT2D eigenvalue weighted by molar-refractivity contribution is 9.10. The van der Waals surface area contributed by atoms with Crippen LogP contribution in [0.15, 0.2) is 59.1 Å². The zero-order chi connectivity index (χ0) is 15.5. The van der Waals surface area contributed by atoms with Gasteiger partial charge < -0.3 is 0 Å². The highest BCUT2D eigenvalue weighted by Crippen LogP contribution is 2.26. The predicted octanol–water partition coefficient (Wildman–Crippen LogP) is 3.08. The lowest BCUT2D eigenvalue weighted by Crippen LogP contribution is -2.24. The Morgan fingerprint density at radius 3 is 2.32 bits per heavy atom. The molecule has 1 atom stereocenters. The monoisotopic (exact) mass is 357 g/mol. The summed E-state index contributed by atoms with van der Waals surface area (Å²) in [5.74, 6) is 0.790. The zero-order valence-electron chi connectivity index (χ0n) is 12.4. The molecule has 3 aromatic rings. The molecule has 0 saturated carbocycles. The van der Waals surface area contributed by atoms with E-state index in [1.807, 2.05) is 56.6 Å². The minimum atomic E-state index is -0.0140. The molecule has 5 nitrogen and oxygen atoms in total. The van der Waals surface area contributed by atoms with E-state index in [0.717, 1.165) is 21.5 Å². The number of rotatable bonds is 4. The molecule has 0 aliphatic heterocycles.